The van der Waals surface area contributed by atoms with Crippen molar-refractivity contribution in [3.63, 3.8) is 0 Å². The Bertz CT molecular complexity index is 394. The number of amides is 1. The van der Waals surface area contributed by atoms with Gasteiger partial charge in [-0.1, -0.05) is 17.7 Å². The highest BCUT2D eigenvalue weighted by atomic mass is 35.5. The maximum absolute atomic E-state index is 13.1. The quantitative estimate of drug-likeness (QED) is 0.759. The lowest BCUT2D eigenvalue weighted by atomic mass is 10.2. The molecule has 0 aromatic heterocycles. The van der Waals surface area contributed by atoms with Crippen LogP contribution in [0.15, 0.2) is 18.2 Å². The Morgan fingerprint density at radius 1 is 1.47 bits per heavy atom. The molecule has 0 aliphatic carbocycles. The molecular weight excluding hydrogens is 217 g/mol. The Kier molecular flexibility index (Phi) is 2.91. The predicted octanol–water partition coefficient (Wildman–Crippen LogP) is 2.42. The Balaban J connectivity index is 2.10. The Morgan fingerprint density at radius 3 is 2.87 bits per heavy atom. The number of hydrogen-bond donors (Lipinski definition) is 0. The van der Waals surface area contributed by atoms with Crippen LogP contribution in [0.1, 0.15) is 12.0 Å². The molecule has 1 heterocycles. The molecule has 79 valence electrons. The molecule has 1 fully saturated rings. The van der Waals surface area contributed by atoms with E-state index >= 15 is 0 Å². The van der Waals surface area contributed by atoms with E-state index in [1.54, 1.807) is 17.4 Å². The number of halogens is 2. The molecule has 1 radical (unpaired) electrons. The summed E-state index contributed by atoms with van der Waals surface area (Å²) in [5.41, 5.74) is 0.764. The molecule has 15 heavy (non-hydrogen) atoms. The lowest BCUT2D eigenvalue weighted by molar-refractivity contribution is -0.125. The van der Waals surface area contributed by atoms with Gasteiger partial charge in [-0.2, -0.15) is 0 Å². The van der Waals surface area contributed by atoms with E-state index in [1.165, 1.54) is 12.1 Å². The minimum atomic E-state index is -0.440. The molecule has 0 saturated carbocycles. The van der Waals surface area contributed by atoms with Crippen molar-refractivity contribution in [1.29, 1.82) is 0 Å². The van der Waals surface area contributed by atoms with Crippen LogP contribution in [0.3, 0.4) is 0 Å². The number of carbonyl (C=O) groups excluding carboxylic acids is 1. The molecule has 0 atom stereocenters. The second-order valence-electron chi connectivity index (χ2n) is 3.50. The van der Waals surface area contributed by atoms with Crippen LogP contribution in [0.4, 0.5) is 4.39 Å². The summed E-state index contributed by atoms with van der Waals surface area (Å²) in [5, 5.41) is 0.109. The molecule has 2 nitrogen and oxygen atoms in total. The first-order chi connectivity index (χ1) is 7.16. The standard InChI is InChI=1S/C11H10ClFNO/c12-9-4-3-8(6-10(9)13)7-14-5-1-2-11(14)15/h2-4,6H,1,5,7H2. The minimum Gasteiger partial charge on any atom is -0.338 e. The van der Waals surface area contributed by atoms with E-state index < -0.39 is 5.82 Å². The van der Waals surface area contributed by atoms with Crippen molar-refractivity contribution in [3.8, 4) is 0 Å². The fourth-order valence-corrected chi connectivity index (χ4v) is 1.72. The number of likely N-dealkylation sites (tertiary alicyclic amines) is 1. The monoisotopic (exact) mass is 226 g/mol. The van der Waals surface area contributed by atoms with Gasteiger partial charge in [-0.3, -0.25) is 4.79 Å². The molecule has 4 heteroatoms. The van der Waals surface area contributed by atoms with Gasteiger partial charge in [0.2, 0.25) is 5.91 Å². The molecule has 1 amide bonds. The molecule has 1 saturated heterocycles. The summed E-state index contributed by atoms with van der Waals surface area (Å²) >= 11 is 5.56. The summed E-state index contributed by atoms with van der Waals surface area (Å²) < 4.78 is 13.1. The molecule has 0 spiro atoms. The van der Waals surface area contributed by atoms with E-state index in [1.807, 2.05) is 0 Å². The number of hydrogen-bond acceptors (Lipinski definition) is 1. The van der Waals surface area contributed by atoms with Gasteiger partial charge in [-0.05, 0) is 24.1 Å². The van der Waals surface area contributed by atoms with Crippen molar-refractivity contribution in [2.24, 2.45) is 0 Å². The third-order valence-corrected chi connectivity index (χ3v) is 2.69. The fourth-order valence-electron chi connectivity index (χ4n) is 1.60. The van der Waals surface area contributed by atoms with Crippen molar-refractivity contribution in [1.82, 2.24) is 4.90 Å². The van der Waals surface area contributed by atoms with Crippen LogP contribution in [-0.4, -0.2) is 17.4 Å². The van der Waals surface area contributed by atoms with Gasteiger partial charge in [-0.15, -0.1) is 0 Å². The molecular formula is C11H10ClFNO. The van der Waals surface area contributed by atoms with Gasteiger partial charge >= 0.3 is 0 Å². The largest absolute Gasteiger partial charge is 0.338 e. The number of carbonyl (C=O) groups is 1. The van der Waals surface area contributed by atoms with Crippen LogP contribution in [-0.2, 0) is 11.3 Å². The van der Waals surface area contributed by atoms with Gasteiger partial charge in [-0.25, -0.2) is 4.39 Å². The topological polar surface area (TPSA) is 20.3 Å². The number of nitrogens with zero attached hydrogens (tertiary/aromatic N) is 1. The fraction of sp³-hybridized carbons (Fsp3) is 0.273. The van der Waals surface area contributed by atoms with Gasteiger partial charge < -0.3 is 4.90 Å². The van der Waals surface area contributed by atoms with Crippen molar-refractivity contribution >= 4 is 17.5 Å². The van der Waals surface area contributed by atoms with Gasteiger partial charge in [0, 0.05) is 13.1 Å². The summed E-state index contributed by atoms with van der Waals surface area (Å²) in [4.78, 5) is 13.0. The zero-order valence-electron chi connectivity index (χ0n) is 8.04. The highest BCUT2D eigenvalue weighted by Gasteiger charge is 2.20. The van der Waals surface area contributed by atoms with Crippen molar-refractivity contribution in [2.75, 3.05) is 6.54 Å². The summed E-state index contributed by atoms with van der Waals surface area (Å²) in [7, 11) is 0. The maximum atomic E-state index is 13.1. The third kappa shape index (κ3) is 2.29. The minimum absolute atomic E-state index is 0.0189. The van der Waals surface area contributed by atoms with E-state index in [0.29, 0.717) is 13.1 Å². The molecule has 1 aliphatic rings. The van der Waals surface area contributed by atoms with Crippen LogP contribution in [0.2, 0.25) is 5.02 Å². The zero-order chi connectivity index (χ0) is 10.8. The molecule has 1 aromatic rings. The lowest BCUT2D eigenvalue weighted by Crippen LogP contribution is -2.23. The second-order valence-corrected chi connectivity index (χ2v) is 3.91. The maximum Gasteiger partial charge on any atom is 0.226 e. The second kappa shape index (κ2) is 4.19. The van der Waals surface area contributed by atoms with Crippen LogP contribution in [0.25, 0.3) is 0 Å². The summed E-state index contributed by atoms with van der Waals surface area (Å²) in [6, 6.07) is 4.61. The third-order valence-electron chi connectivity index (χ3n) is 2.39. The van der Waals surface area contributed by atoms with E-state index in [4.69, 9.17) is 11.6 Å². The Morgan fingerprint density at radius 2 is 2.27 bits per heavy atom. The Hall–Kier alpha value is -1.09. The van der Waals surface area contributed by atoms with Crippen molar-refractivity contribution in [2.45, 2.75) is 13.0 Å². The van der Waals surface area contributed by atoms with Crippen molar-refractivity contribution < 1.29 is 9.18 Å². The van der Waals surface area contributed by atoms with Crippen LogP contribution < -0.4 is 0 Å². The molecule has 2 rings (SSSR count). The SMILES string of the molecule is O=C1[CH]CCN1Cc1ccc(Cl)c(F)c1. The van der Waals surface area contributed by atoms with Crippen LogP contribution in [0.5, 0.6) is 0 Å². The predicted molar refractivity (Wildman–Crippen MR) is 55.7 cm³/mol. The van der Waals surface area contributed by atoms with E-state index in [0.717, 1.165) is 12.0 Å². The lowest BCUT2D eigenvalue weighted by Gasteiger charge is -2.15. The molecule has 1 aliphatic heterocycles. The summed E-state index contributed by atoms with van der Waals surface area (Å²) in [6.07, 6.45) is 2.42. The summed E-state index contributed by atoms with van der Waals surface area (Å²) in [5.74, 6) is -0.421. The number of rotatable bonds is 2. The van der Waals surface area contributed by atoms with E-state index in [-0.39, 0.29) is 10.9 Å². The first-order valence-corrected chi connectivity index (χ1v) is 5.10. The molecule has 0 bridgehead atoms. The Labute approximate surface area is 92.6 Å². The summed E-state index contributed by atoms with van der Waals surface area (Å²) in [6.45, 7) is 1.16. The first kappa shape index (κ1) is 10.4. The van der Waals surface area contributed by atoms with Gasteiger partial charge in [0.05, 0.1) is 11.4 Å². The van der Waals surface area contributed by atoms with Gasteiger partial charge in [0.15, 0.2) is 0 Å². The molecule has 0 N–H and O–H groups in total. The van der Waals surface area contributed by atoms with Gasteiger partial charge in [0.25, 0.3) is 0 Å². The normalized spacial score (nSPS) is 16.1. The first-order valence-electron chi connectivity index (χ1n) is 4.73. The average Bonchev–Trinajstić information content (AvgIpc) is 2.59. The smallest absolute Gasteiger partial charge is 0.226 e. The van der Waals surface area contributed by atoms with Gasteiger partial charge in [0.1, 0.15) is 5.82 Å². The highest BCUT2D eigenvalue weighted by Crippen LogP contribution is 2.18. The van der Waals surface area contributed by atoms with Crippen molar-refractivity contribution in [3.05, 3.63) is 41.0 Å². The molecule has 0 unspecified atom stereocenters. The van der Waals surface area contributed by atoms with E-state index in [9.17, 15) is 9.18 Å². The average molecular weight is 227 g/mol. The zero-order valence-corrected chi connectivity index (χ0v) is 8.80. The van der Waals surface area contributed by atoms with Crippen LogP contribution >= 0.6 is 11.6 Å². The molecule has 1 aromatic carbocycles. The van der Waals surface area contributed by atoms with E-state index in [2.05, 4.69) is 0 Å². The highest BCUT2D eigenvalue weighted by molar-refractivity contribution is 6.30. The number of benzene rings is 1. The van der Waals surface area contributed by atoms with Crippen LogP contribution in [0, 0.1) is 12.2 Å².